The summed E-state index contributed by atoms with van der Waals surface area (Å²) in [5.41, 5.74) is 1.02. The Balaban J connectivity index is 2.04. The first-order valence-electron chi connectivity index (χ1n) is 6.25. The molecule has 0 aliphatic carbocycles. The molecule has 0 bridgehead atoms. The van der Waals surface area contributed by atoms with E-state index in [9.17, 15) is 13.2 Å². The van der Waals surface area contributed by atoms with E-state index in [2.05, 4.69) is 10.3 Å². The number of nitrogens with zero attached hydrogens (tertiary/aromatic N) is 1. The average molecular weight is 304 g/mol. The second-order valence-electron chi connectivity index (χ2n) is 4.79. The van der Waals surface area contributed by atoms with Gasteiger partial charge in [0.15, 0.2) is 15.5 Å². The van der Waals surface area contributed by atoms with Gasteiger partial charge < -0.3 is 10.4 Å². The highest BCUT2D eigenvalue weighted by atomic mass is 32.2. The molecule has 1 aliphatic rings. The normalized spacial score (nSPS) is 19.7. The molecule has 3 rings (SSSR count). The molecule has 1 aromatic carbocycles. The van der Waals surface area contributed by atoms with Crippen molar-refractivity contribution in [1.29, 1.82) is 0 Å². The van der Waals surface area contributed by atoms with Gasteiger partial charge >= 0.3 is 5.97 Å². The van der Waals surface area contributed by atoms with Crippen LogP contribution in [0.25, 0.3) is 10.9 Å². The van der Waals surface area contributed by atoms with E-state index >= 15 is 0 Å². The number of pyridine rings is 1. The molecule has 0 fully saturated rings. The van der Waals surface area contributed by atoms with Crippen LogP contribution in [-0.2, 0) is 9.84 Å². The standard InChI is InChI=1S/C14H12N2O4S/c17-14(18)13-7-12(10-3-1-2-4-11(10)16-13)15-9-5-6-21(19,20)8-9/h1-7,9H,8H2,(H,15,16)(H,17,18). The third-order valence-corrected chi connectivity index (χ3v) is 4.60. The number of anilines is 1. The van der Waals surface area contributed by atoms with Gasteiger partial charge in [-0.3, -0.25) is 0 Å². The molecule has 1 aliphatic heterocycles. The van der Waals surface area contributed by atoms with E-state index in [0.717, 1.165) is 5.39 Å². The van der Waals surface area contributed by atoms with Crippen molar-refractivity contribution in [3.63, 3.8) is 0 Å². The first-order chi connectivity index (χ1) is 9.94. The van der Waals surface area contributed by atoms with Crippen molar-refractivity contribution in [3.8, 4) is 0 Å². The van der Waals surface area contributed by atoms with Crippen molar-refractivity contribution in [3.05, 3.63) is 47.5 Å². The lowest BCUT2D eigenvalue weighted by atomic mass is 10.1. The predicted octanol–water partition coefficient (Wildman–Crippen LogP) is 1.66. The summed E-state index contributed by atoms with van der Waals surface area (Å²) in [5.74, 6) is -1.16. The number of fused-ring (bicyclic) bond motifs is 1. The molecule has 0 radical (unpaired) electrons. The highest BCUT2D eigenvalue weighted by Crippen LogP contribution is 2.25. The third-order valence-electron chi connectivity index (χ3n) is 3.21. The van der Waals surface area contributed by atoms with Crippen molar-refractivity contribution in [1.82, 2.24) is 4.98 Å². The van der Waals surface area contributed by atoms with Crippen LogP contribution in [0.4, 0.5) is 5.69 Å². The SMILES string of the molecule is O=C(O)c1cc(NC2C=CS(=O)(=O)C2)c2ccccc2n1. The van der Waals surface area contributed by atoms with Crippen LogP contribution in [0.2, 0.25) is 0 Å². The van der Waals surface area contributed by atoms with E-state index in [1.54, 1.807) is 18.2 Å². The highest BCUT2D eigenvalue weighted by Gasteiger charge is 2.22. The largest absolute Gasteiger partial charge is 0.477 e. The lowest BCUT2D eigenvalue weighted by molar-refractivity contribution is 0.0691. The number of para-hydroxylation sites is 1. The Morgan fingerprint density at radius 3 is 2.76 bits per heavy atom. The highest BCUT2D eigenvalue weighted by molar-refractivity contribution is 7.94. The Bertz CT molecular complexity index is 858. The van der Waals surface area contributed by atoms with Crippen LogP contribution in [0.1, 0.15) is 10.5 Å². The van der Waals surface area contributed by atoms with Crippen LogP contribution in [0, 0.1) is 0 Å². The van der Waals surface area contributed by atoms with Crippen molar-refractivity contribution < 1.29 is 18.3 Å². The number of benzene rings is 1. The molecule has 1 atom stereocenters. The van der Waals surface area contributed by atoms with Gasteiger partial charge in [0.2, 0.25) is 0 Å². The minimum Gasteiger partial charge on any atom is -0.477 e. The molecule has 0 spiro atoms. The fraction of sp³-hybridized carbons (Fsp3) is 0.143. The summed E-state index contributed by atoms with van der Waals surface area (Å²) < 4.78 is 22.9. The summed E-state index contributed by atoms with van der Waals surface area (Å²) in [6.07, 6.45) is 1.56. The third kappa shape index (κ3) is 2.73. The van der Waals surface area contributed by atoms with Gasteiger partial charge in [-0.05, 0) is 12.1 Å². The zero-order chi connectivity index (χ0) is 15.0. The number of sulfone groups is 1. The Hall–Kier alpha value is -2.41. The molecule has 0 saturated heterocycles. The Morgan fingerprint density at radius 2 is 2.10 bits per heavy atom. The second-order valence-corrected chi connectivity index (χ2v) is 6.72. The molecule has 0 saturated carbocycles. The maximum absolute atomic E-state index is 11.4. The van der Waals surface area contributed by atoms with E-state index in [1.165, 1.54) is 11.5 Å². The molecule has 2 aromatic rings. The van der Waals surface area contributed by atoms with Gasteiger partial charge in [-0.25, -0.2) is 18.2 Å². The summed E-state index contributed by atoms with van der Waals surface area (Å²) in [6.45, 7) is 0. The molecule has 7 heteroatoms. The number of rotatable bonds is 3. The minimum absolute atomic E-state index is 0.0357. The summed E-state index contributed by atoms with van der Waals surface area (Å²) in [5, 5.41) is 14.1. The average Bonchev–Trinajstić information content (AvgIpc) is 2.77. The Morgan fingerprint density at radius 1 is 1.33 bits per heavy atom. The second kappa shape index (κ2) is 4.85. The number of carbonyl (C=O) groups is 1. The van der Waals surface area contributed by atoms with Gasteiger partial charge in [0.25, 0.3) is 0 Å². The number of hydrogen-bond acceptors (Lipinski definition) is 5. The zero-order valence-electron chi connectivity index (χ0n) is 10.9. The van der Waals surface area contributed by atoms with Gasteiger partial charge in [-0.1, -0.05) is 24.3 Å². The van der Waals surface area contributed by atoms with E-state index in [-0.39, 0.29) is 17.5 Å². The molecule has 21 heavy (non-hydrogen) atoms. The molecule has 6 nitrogen and oxygen atoms in total. The van der Waals surface area contributed by atoms with E-state index in [4.69, 9.17) is 5.11 Å². The maximum Gasteiger partial charge on any atom is 0.354 e. The molecule has 108 valence electrons. The molecule has 0 amide bonds. The number of carboxylic acid groups (broad SMARTS) is 1. The topological polar surface area (TPSA) is 96.4 Å². The number of carboxylic acids is 1. The maximum atomic E-state index is 11.4. The van der Waals surface area contributed by atoms with Crippen LogP contribution in [-0.4, -0.2) is 36.3 Å². The molecule has 2 N–H and O–H groups in total. The Kier molecular flexibility index (Phi) is 3.13. The van der Waals surface area contributed by atoms with Crippen LogP contribution < -0.4 is 5.32 Å². The molecular weight excluding hydrogens is 292 g/mol. The first-order valence-corrected chi connectivity index (χ1v) is 7.97. The fourth-order valence-electron chi connectivity index (χ4n) is 2.27. The number of hydrogen-bond donors (Lipinski definition) is 2. The lowest BCUT2D eigenvalue weighted by Crippen LogP contribution is -2.21. The van der Waals surface area contributed by atoms with Crippen LogP contribution in [0.5, 0.6) is 0 Å². The predicted molar refractivity (Wildman–Crippen MR) is 79.0 cm³/mol. The summed E-state index contributed by atoms with van der Waals surface area (Å²) in [7, 11) is -3.17. The van der Waals surface area contributed by atoms with Crippen molar-refractivity contribution in [2.45, 2.75) is 6.04 Å². The van der Waals surface area contributed by atoms with Gasteiger partial charge in [0, 0.05) is 16.5 Å². The Labute approximate surface area is 121 Å². The zero-order valence-corrected chi connectivity index (χ0v) is 11.7. The van der Waals surface area contributed by atoms with E-state index in [0.29, 0.717) is 11.2 Å². The number of aromatic carboxylic acids is 1. The minimum atomic E-state index is -3.17. The fourth-order valence-corrected chi connectivity index (χ4v) is 3.51. The summed E-state index contributed by atoms with van der Waals surface area (Å²) in [4.78, 5) is 15.2. The van der Waals surface area contributed by atoms with Crippen molar-refractivity contribution >= 4 is 32.4 Å². The van der Waals surface area contributed by atoms with Gasteiger partial charge in [-0.15, -0.1) is 0 Å². The summed E-state index contributed by atoms with van der Waals surface area (Å²) in [6, 6.07) is 8.16. The summed E-state index contributed by atoms with van der Waals surface area (Å²) >= 11 is 0. The number of aromatic nitrogens is 1. The molecule has 1 aromatic heterocycles. The van der Waals surface area contributed by atoms with Gasteiger partial charge in [-0.2, -0.15) is 0 Å². The quantitative estimate of drug-likeness (QED) is 0.895. The van der Waals surface area contributed by atoms with Crippen LogP contribution in [0.15, 0.2) is 41.8 Å². The van der Waals surface area contributed by atoms with E-state index in [1.807, 2.05) is 12.1 Å². The van der Waals surface area contributed by atoms with Crippen molar-refractivity contribution in [2.24, 2.45) is 0 Å². The monoisotopic (exact) mass is 304 g/mol. The van der Waals surface area contributed by atoms with Crippen molar-refractivity contribution in [2.75, 3.05) is 11.1 Å². The van der Waals surface area contributed by atoms with E-state index < -0.39 is 15.8 Å². The molecule has 2 heterocycles. The van der Waals surface area contributed by atoms with Crippen LogP contribution >= 0.6 is 0 Å². The smallest absolute Gasteiger partial charge is 0.354 e. The molecular formula is C14H12N2O4S. The van der Waals surface area contributed by atoms with Crippen LogP contribution in [0.3, 0.4) is 0 Å². The first kappa shape index (κ1) is 13.6. The lowest BCUT2D eigenvalue weighted by Gasteiger charge is -2.14. The van der Waals surface area contributed by atoms with Gasteiger partial charge in [0.05, 0.1) is 17.3 Å². The molecule has 1 unspecified atom stereocenters. The van der Waals surface area contributed by atoms with Gasteiger partial charge in [0.1, 0.15) is 0 Å². The number of nitrogens with one attached hydrogen (secondary N) is 1.